The van der Waals surface area contributed by atoms with Gasteiger partial charge in [-0.25, -0.2) is 4.98 Å². The van der Waals surface area contributed by atoms with Gasteiger partial charge in [-0.05, 0) is 47.9 Å². The van der Waals surface area contributed by atoms with E-state index in [1.165, 1.54) is 19.3 Å². The molecule has 3 aromatic rings. The molecular formula is C25H31N3O2. The first-order chi connectivity index (χ1) is 14.7. The quantitative estimate of drug-likeness (QED) is 0.400. The first-order valence-corrected chi connectivity index (χ1v) is 10.7. The van der Waals surface area contributed by atoms with E-state index in [1.54, 1.807) is 7.11 Å². The molecule has 158 valence electrons. The standard InChI is InChI=1S/C25H31N3O2/c1-3-4-5-6-7-11-24(29)26-17-19-9-8-10-21(16-19)25-27-18-23(28-25)20-12-14-22(30-2)15-13-20/h8-10,12-16,18H,3-7,11,17H2,1-2H3,(H,26,29)(H,27,28). The highest BCUT2D eigenvalue weighted by molar-refractivity contribution is 5.75. The predicted molar refractivity (Wildman–Crippen MR) is 121 cm³/mol. The summed E-state index contributed by atoms with van der Waals surface area (Å²) in [5, 5.41) is 3.03. The summed E-state index contributed by atoms with van der Waals surface area (Å²) < 4.78 is 5.21. The van der Waals surface area contributed by atoms with E-state index in [2.05, 4.69) is 28.3 Å². The summed E-state index contributed by atoms with van der Waals surface area (Å²) in [5.41, 5.74) is 4.07. The minimum atomic E-state index is 0.122. The molecule has 0 fully saturated rings. The lowest BCUT2D eigenvalue weighted by molar-refractivity contribution is -0.121. The van der Waals surface area contributed by atoms with Gasteiger partial charge in [0.1, 0.15) is 11.6 Å². The molecule has 0 radical (unpaired) electrons. The summed E-state index contributed by atoms with van der Waals surface area (Å²) >= 11 is 0. The largest absolute Gasteiger partial charge is 0.497 e. The van der Waals surface area contributed by atoms with E-state index < -0.39 is 0 Å². The van der Waals surface area contributed by atoms with Crippen LogP contribution in [0.1, 0.15) is 51.0 Å². The van der Waals surface area contributed by atoms with Crippen LogP contribution < -0.4 is 10.1 Å². The molecule has 1 heterocycles. The summed E-state index contributed by atoms with van der Waals surface area (Å²) in [7, 11) is 1.66. The van der Waals surface area contributed by atoms with Crippen molar-refractivity contribution < 1.29 is 9.53 Å². The number of amides is 1. The normalized spacial score (nSPS) is 10.7. The number of unbranched alkanes of at least 4 members (excludes halogenated alkanes) is 4. The number of aromatic amines is 1. The second kappa shape index (κ2) is 11.2. The molecule has 30 heavy (non-hydrogen) atoms. The van der Waals surface area contributed by atoms with Gasteiger partial charge in [0.2, 0.25) is 5.91 Å². The highest BCUT2D eigenvalue weighted by atomic mass is 16.5. The van der Waals surface area contributed by atoms with E-state index in [-0.39, 0.29) is 5.91 Å². The van der Waals surface area contributed by atoms with Gasteiger partial charge in [-0.1, -0.05) is 50.8 Å². The fourth-order valence-electron chi connectivity index (χ4n) is 3.39. The number of H-pyrrole nitrogens is 1. The van der Waals surface area contributed by atoms with Gasteiger partial charge in [0.25, 0.3) is 0 Å². The molecule has 5 heteroatoms. The van der Waals surface area contributed by atoms with Crippen LogP contribution in [0.3, 0.4) is 0 Å². The molecule has 0 aliphatic heterocycles. The van der Waals surface area contributed by atoms with Gasteiger partial charge in [-0.2, -0.15) is 0 Å². The number of rotatable bonds is 11. The summed E-state index contributed by atoms with van der Waals surface area (Å²) in [5.74, 6) is 1.76. The maximum atomic E-state index is 12.1. The fraction of sp³-hybridized carbons (Fsp3) is 0.360. The predicted octanol–water partition coefficient (Wildman–Crippen LogP) is 5.73. The molecule has 0 atom stereocenters. The molecule has 0 aliphatic carbocycles. The SMILES string of the molecule is CCCCCCCC(=O)NCc1cccc(-c2ncc(-c3ccc(OC)cc3)[nH]2)c1. The van der Waals surface area contributed by atoms with Crippen molar-refractivity contribution in [2.75, 3.05) is 7.11 Å². The number of hydrogen-bond donors (Lipinski definition) is 2. The Morgan fingerprint density at radius 3 is 2.60 bits per heavy atom. The Morgan fingerprint density at radius 2 is 1.83 bits per heavy atom. The van der Waals surface area contributed by atoms with Crippen molar-refractivity contribution in [3.63, 3.8) is 0 Å². The maximum Gasteiger partial charge on any atom is 0.220 e. The Hall–Kier alpha value is -3.08. The number of carbonyl (C=O) groups is 1. The third-order valence-corrected chi connectivity index (χ3v) is 5.17. The molecule has 0 unspecified atom stereocenters. The zero-order valence-corrected chi connectivity index (χ0v) is 17.9. The van der Waals surface area contributed by atoms with E-state index in [0.717, 1.165) is 46.8 Å². The number of nitrogens with one attached hydrogen (secondary N) is 2. The van der Waals surface area contributed by atoms with Gasteiger partial charge >= 0.3 is 0 Å². The van der Waals surface area contributed by atoms with Gasteiger partial charge in [0.05, 0.1) is 19.0 Å². The van der Waals surface area contributed by atoms with E-state index in [9.17, 15) is 4.79 Å². The third kappa shape index (κ3) is 6.21. The van der Waals surface area contributed by atoms with E-state index >= 15 is 0 Å². The highest BCUT2D eigenvalue weighted by Crippen LogP contribution is 2.24. The highest BCUT2D eigenvalue weighted by Gasteiger charge is 2.07. The molecule has 5 nitrogen and oxygen atoms in total. The molecule has 1 amide bonds. The second-order valence-corrected chi connectivity index (χ2v) is 7.52. The Labute approximate surface area is 178 Å². The van der Waals surface area contributed by atoms with Crippen LogP contribution in [0.2, 0.25) is 0 Å². The van der Waals surface area contributed by atoms with E-state index in [4.69, 9.17) is 4.74 Å². The Balaban J connectivity index is 1.56. The number of imidazole rings is 1. The van der Waals surface area contributed by atoms with E-state index in [1.807, 2.05) is 48.7 Å². The van der Waals surface area contributed by atoms with Crippen molar-refractivity contribution in [2.45, 2.75) is 52.0 Å². The van der Waals surface area contributed by atoms with Gasteiger partial charge in [0, 0.05) is 18.5 Å². The molecule has 2 aromatic carbocycles. The van der Waals surface area contributed by atoms with Crippen LogP contribution in [0.5, 0.6) is 5.75 Å². The van der Waals surface area contributed by atoms with Crippen molar-refractivity contribution in [1.82, 2.24) is 15.3 Å². The van der Waals surface area contributed by atoms with Gasteiger partial charge in [0.15, 0.2) is 0 Å². The fourth-order valence-corrected chi connectivity index (χ4v) is 3.39. The maximum absolute atomic E-state index is 12.1. The smallest absolute Gasteiger partial charge is 0.220 e. The lowest BCUT2D eigenvalue weighted by atomic mass is 10.1. The van der Waals surface area contributed by atoms with E-state index in [0.29, 0.717) is 13.0 Å². The number of aromatic nitrogens is 2. The molecule has 0 saturated carbocycles. The Kier molecular flexibility index (Phi) is 8.07. The van der Waals surface area contributed by atoms with Crippen LogP contribution in [0.4, 0.5) is 0 Å². The number of benzene rings is 2. The molecule has 0 saturated heterocycles. The second-order valence-electron chi connectivity index (χ2n) is 7.52. The monoisotopic (exact) mass is 405 g/mol. The average Bonchev–Trinajstić information content (AvgIpc) is 3.28. The molecular weight excluding hydrogens is 374 g/mol. The summed E-state index contributed by atoms with van der Waals surface area (Å²) in [4.78, 5) is 20.0. The lowest BCUT2D eigenvalue weighted by Gasteiger charge is -2.07. The van der Waals surface area contributed by atoms with Crippen molar-refractivity contribution in [3.8, 4) is 28.4 Å². The number of nitrogens with zero attached hydrogens (tertiary/aromatic N) is 1. The summed E-state index contributed by atoms with van der Waals surface area (Å²) in [6.45, 7) is 2.73. The minimum absolute atomic E-state index is 0.122. The van der Waals surface area contributed by atoms with Crippen LogP contribution >= 0.6 is 0 Å². The van der Waals surface area contributed by atoms with Crippen molar-refractivity contribution in [2.24, 2.45) is 0 Å². The molecule has 3 rings (SSSR count). The first kappa shape index (κ1) is 21.6. The molecule has 0 aliphatic rings. The summed E-state index contributed by atoms with van der Waals surface area (Å²) in [6, 6.07) is 16.0. The lowest BCUT2D eigenvalue weighted by Crippen LogP contribution is -2.22. The van der Waals surface area contributed by atoms with Gasteiger partial charge in [-0.15, -0.1) is 0 Å². The first-order valence-electron chi connectivity index (χ1n) is 10.7. The van der Waals surface area contributed by atoms with Crippen LogP contribution in [-0.2, 0) is 11.3 Å². The average molecular weight is 406 g/mol. The molecule has 1 aromatic heterocycles. The van der Waals surface area contributed by atoms with Gasteiger partial charge in [-0.3, -0.25) is 4.79 Å². The Bertz CT molecular complexity index is 932. The van der Waals surface area contributed by atoms with Crippen LogP contribution in [0, 0.1) is 0 Å². The number of hydrogen-bond acceptors (Lipinski definition) is 3. The number of ether oxygens (including phenoxy) is 1. The molecule has 0 bridgehead atoms. The number of carbonyl (C=O) groups excluding carboxylic acids is 1. The number of methoxy groups -OCH3 is 1. The van der Waals surface area contributed by atoms with Crippen LogP contribution in [0.15, 0.2) is 54.7 Å². The van der Waals surface area contributed by atoms with Gasteiger partial charge < -0.3 is 15.0 Å². The van der Waals surface area contributed by atoms with Crippen molar-refractivity contribution in [3.05, 3.63) is 60.3 Å². The van der Waals surface area contributed by atoms with Crippen molar-refractivity contribution in [1.29, 1.82) is 0 Å². The minimum Gasteiger partial charge on any atom is -0.497 e. The third-order valence-electron chi connectivity index (χ3n) is 5.17. The van der Waals surface area contributed by atoms with Crippen LogP contribution in [-0.4, -0.2) is 23.0 Å². The summed E-state index contributed by atoms with van der Waals surface area (Å²) in [6.07, 6.45) is 8.23. The Morgan fingerprint density at radius 1 is 1.03 bits per heavy atom. The van der Waals surface area contributed by atoms with Crippen molar-refractivity contribution >= 4 is 5.91 Å². The zero-order chi connectivity index (χ0) is 21.2. The molecule has 2 N–H and O–H groups in total. The molecule has 0 spiro atoms. The zero-order valence-electron chi connectivity index (χ0n) is 17.9. The van der Waals surface area contributed by atoms with Crippen LogP contribution in [0.25, 0.3) is 22.6 Å². The topological polar surface area (TPSA) is 67.0 Å².